The number of ether oxygens (including phenoxy) is 4. The van der Waals surface area contributed by atoms with E-state index < -0.39 is 61.3 Å². The Labute approximate surface area is 399 Å². The maximum Gasteiger partial charge on any atom is 0.335 e. The summed E-state index contributed by atoms with van der Waals surface area (Å²) in [6.07, 6.45) is 49.0. The number of carboxylic acids is 1. The summed E-state index contributed by atoms with van der Waals surface area (Å²) >= 11 is 0. The Morgan fingerprint density at radius 3 is 1.35 bits per heavy atom. The molecule has 0 spiro atoms. The molecule has 1 saturated heterocycles. The third-order valence-electron chi connectivity index (χ3n) is 11.2. The van der Waals surface area contributed by atoms with Crippen molar-refractivity contribution in [1.29, 1.82) is 0 Å². The Morgan fingerprint density at radius 1 is 0.485 bits per heavy atom. The first-order valence-corrected chi connectivity index (χ1v) is 25.6. The van der Waals surface area contributed by atoms with Crippen LogP contribution in [0.25, 0.3) is 0 Å². The molecule has 4 N–H and O–H groups in total. The van der Waals surface area contributed by atoms with Crippen LogP contribution in [0.4, 0.5) is 0 Å². The largest absolute Gasteiger partial charge is 0.479 e. The Balaban J connectivity index is 2.33. The topological polar surface area (TPSA) is 169 Å². The van der Waals surface area contributed by atoms with Crippen molar-refractivity contribution in [3.63, 3.8) is 0 Å². The number of hydrogen-bond donors (Lipinski definition) is 4. The predicted octanol–water partition coefficient (Wildman–Crippen LogP) is 12.2. The van der Waals surface area contributed by atoms with Crippen LogP contribution in [0.1, 0.15) is 194 Å². The van der Waals surface area contributed by atoms with Crippen LogP contribution in [0, 0.1) is 0 Å². The minimum Gasteiger partial charge on any atom is -0.479 e. The van der Waals surface area contributed by atoms with Crippen molar-refractivity contribution in [2.24, 2.45) is 0 Å². The van der Waals surface area contributed by atoms with Gasteiger partial charge in [-0.05, 0) is 89.9 Å². The lowest BCUT2D eigenvalue weighted by Gasteiger charge is -2.38. The summed E-state index contributed by atoms with van der Waals surface area (Å²) in [5.41, 5.74) is 0. The number of carbonyl (C=O) groups excluding carboxylic acids is 2. The van der Waals surface area contributed by atoms with Crippen molar-refractivity contribution < 1.29 is 53.8 Å². The van der Waals surface area contributed by atoms with Crippen LogP contribution in [0.2, 0.25) is 0 Å². The Bertz CT molecular complexity index is 1410. The summed E-state index contributed by atoms with van der Waals surface area (Å²) in [5.74, 6) is -2.48. The molecule has 66 heavy (non-hydrogen) atoms. The second-order valence-corrected chi connectivity index (χ2v) is 17.3. The van der Waals surface area contributed by atoms with Gasteiger partial charge < -0.3 is 39.4 Å². The molecule has 0 amide bonds. The summed E-state index contributed by atoms with van der Waals surface area (Å²) in [7, 11) is 0. The molecule has 0 aliphatic carbocycles. The molecule has 0 saturated carbocycles. The highest BCUT2D eigenvalue weighted by atomic mass is 16.7. The molecule has 0 aromatic carbocycles. The van der Waals surface area contributed by atoms with Gasteiger partial charge in [-0.2, -0.15) is 0 Å². The lowest BCUT2D eigenvalue weighted by molar-refractivity contribution is -0.298. The van der Waals surface area contributed by atoms with E-state index in [1.54, 1.807) is 0 Å². The Kier molecular flexibility index (Phi) is 40.2. The van der Waals surface area contributed by atoms with Gasteiger partial charge in [0.1, 0.15) is 24.9 Å². The van der Waals surface area contributed by atoms with Crippen molar-refractivity contribution in [3.8, 4) is 0 Å². The minimum absolute atomic E-state index is 0.162. The monoisotopic (exact) mass is 927 g/mol. The standard InChI is InChI=1S/C55H90O11/c1-3-5-7-9-11-13-15-17-19-21-23-24-26-27-29-31-33-35-37-39-41-43-48(56)63-45-47(46-64-55-52(60)50(58)51(59)53(66-55)54(61)62)65-49(57)44-42-40-38-36-34-32-30-28-25-22-20-18-16-14-12-10-8-6-4-2/h5,7,11-14,17-20,23-25,28,47,50-53,55,58-60H,3-4,6,8-10,15-16,21-22,26-27,29-46H2,1-2H3,(H,61,62)/b7-5-,13-11-,14-12-,19-17-,20-18-,24-23-,28-25-. The zero-order valence-electron chi connectivity index (χ0n) is 40.9. The zero-order valence-corrected chi connectivity index (χ0v) is 40.9. The van der Waals surface area contributed by atoms with Gasteiger partial charge in [0.25, 0.3) is 0 Å². The van der Waals surface area contributed by atoms with Gasteiger partial charge in [0, 0.05) is 12.8 Å². The summed E-state index contributed by atoms with van der Waals surface area (Å²) in [5, 5.41) is 40.0. The average molecular weight is 927 g/mol. The first-order chi connectivity index (χ1) is 32.2. The van der Waals surface area contributed by atoms with Crippen molar-refractivity contribution in [2.45, 2.75) is 230 Å². The molecular weight excluding hydrogens is 837 g/mol. The van der Waals surface area contributed by atoms with Gasteiger partial charge in [-0.3, -0.25) is 9.59 Å². The van der Waals surface area contributed by atoms with Crippen LogP contribution in [0.3, 0.4) is 0 Å². The molecule has 11 heteroatoms. The third-order valence-corrected chi connectivity index (χ3v) is 11.2. The predicted molar refractivity (Wildman–Crippen MR) is 266 cm³/mol. The number of aliphatic carboxylic acids is 1. The molecular formula is C55H90O11. The third kappa shape index (κ3) is 34.7. The fourth-order valence-electron chi connectivity index (χ4n) is 7.23. The number of carboxylic acid groups (broad SMARTS) is 1. The molecule has 376 valence electrons. The molecule has 11 nitrogen and oxygen atoms in total. The van der Waals surface area contributed by atoms with Crippen LogP contribution >= 0.6 is 0 Å². The number of rotatable bonds is 42. The minimum atomic E-state index is -1.87. The van der Waals surface area contributed by atoms with E-state index in [0.717, 1.165) is 103 Å². The van der Waals surface area contributed by atoms with Gasteiger partial charge in [0.15, 0.2) is 18.5 Å². The molecule has 1 heterocycles. The molecule has 0 aromatic heterocycles. The number of unbranched alkanes of at least 4 members (excludes halogenated alkanes) is 17. The molecule has 6 unspecified atom stereocenters. The van der Waals surface area contributed by atoms with E-state index in [2.05, 4.69) is 98.9 Å². The highest BCUT2D eigenvalue weighted by molar-refractivity contribution is 5.73. The van der Waals surface area contributed by atoms with Crippen LogP contribution in [0.15, 0.2) is 85.1 Å². The molecule has 0 bridgehead atoms. The molecule has 1 aliphatic heterocycles. The van der Waals surface area contributed by atoms with Crippen molar-refractivity contribution >= 4 is 17.9 Å². The maximum atomic E-state index is 12.8. The molecule has 1 aliphatic rings. The van der Waals surface area contributed by atoms with Crippen LogP contribution in [0.5, 0.6) is 0 Å². The van der Waals surface area contributed by atoms with Crippen LogP contribution < -0.4 is 0 Å². The fourth-order valence-corrected chi connectivity index (χ4v) is 7.23. The smallest absolute Gasteiger partial charge is 0.335 e. The van der Waals surface area contributed by atoms with E-state index >= 15 is 0 Å². The van der Waals surface area contributed by atoms with Gasteiger partial charge in [-0.15, -0.1) is 0 Å². The van der Waals surface area contributed by atoms with Gasteiger partial charge in [0.2, 0.25) is 0 Å². The summed E-state index contributed by atoms with van der Waals surface area (Å²) < 4.78 is 21.8. The fraction of sp³-hybridized carbons (Fsp3) is 0.691. The number of aliphatic hydroxyl groups excluding tert-OH is 3. The van der Waals surface area contributed by atoms with Crippen molar-refractivity contribution in [2.75, 3.05) is 13.2 Å². The number of carbonyl (C=O) groups is 3. The summed E-state index contributed by atoms with van der Waals surface area (Å²) in [6.45, 7) is 3.66. The van der Waals surface area contributed by atoms with E-state index in [4.69, 9.17) is 18.9 Å². The molecule has 1 rings (SSSR count). The first-order valence-electron chi connectivity index (χ1n) is 25.6. The van der Waals surface area contributed by atoms with Crippen molar-refractivity contribution in [3.05, 3.63) is 85.1 Å². The van der Waals surface area contributed by atoms with Gasteiger partial charge in [0.05, 0.1) is 6.61 Å². The number of esters is 2. The average Bonchev–Trinajstić information content (AvgIpc) is 3.30. The molecule has 1 fully saturated rings. The van der Waals surface area contributed by atoms with Crippen LogP contribution in [-0.4, -0.2) is 88.4 Å². The van der Waals surface area contributed by atoms with Crippen LogP contribution in [-0.2, 0) is 33.3 Å². The highest BCUT2D eigenvalue weighted by Crippen LogP contribution is 2.23. The van der Waals surface area contributed by atoms with E-state index in [0.29, 0.717) is 12.8 Å². The highest BCUT2D eigenvalue weighted by Gasteiger charge is 2.47. The lowest BCUT2D eigenvalue weighted by atomic mass is 9.99. The second-order valence-electron chi connectivity index (χ2n) is 17.3. The van der Waals surface area contributed by atoms with E-state index in [1.165, 1.54) is 51.4 Å². The zero-order chi connectivity index (χ0) is 48.1. The first kappa shape index (κ1) is 60.4. The second kappa shape index (κ2) is 43.9. The summed E-state index contributed by atoms with van der Waals surface area (Å²) in [6, 6.07) is 0. The Morgan fingerprint density at radius 2 is 0.894 bits per heavy atom. The molecule has 0 radical (unpaired) electrons. The van der Waals surface area contributed by atoms with Gasteiger partial charge in [-0.1, -0.05) is 176 Å². The Hall–Kier alpha value is -3.61. The van der Waals surface area contributed by atoms with E-state index in [9.17, 15) is 34.8 Å². The number of allylic oxidation sites excluding steroid dienone is 14. The molecule has 6 atom stereocenters. The quantitative estimate of drug-likeness (QED) is 0.0261. The van der Waals surface area contributed by atoms with Crippen molar-refractivity contribution in [1.82, 2.24) is 0 Å². The SMILES string of the molecule is CC/C=C\C/C=C\C/C=C\C/C=C\CCCCCCCCCCC(=O)OCC(COC1OC(C(=O)O)C(O)C(O)C1O)OC(=O)CCCCCCCC/C=C\C/C=C\C/C=C\CCCCC. The number of hydrogen-bond acceptors (Lipinski definition) is 10. The number of aliphatic hydroxyl groups is 3. The lowest BCUT2D eigenvalue weighted by Crippen LogP contribution is -2.60. The molecule has 0 aromatic rings. The normalized spacial score (nSPS) is 19.8. The van der Waals surface area contributed by atoms with E-state index in [1.807, 2.05) is 0 Å². The van der Waals surface area contributed by atoms with Gasteiger partial charge >= 0.3 is 17.9 Å². The van der Waals surface area contributed by atoms with Gasteiger partial charge in [-0.25, -0.2) is 4.79 Å². The summed E-state index contributed by atoms with van der Waals surface area (Å²) in [4.78, 5) is 37.0. The van der Waals surface area contributed by atoms with E-state index in [-0.39, 0.29) is 19.4 Å². The maximum absolute atomic E-state index is 12.8.